The number of aryl methyl sites for hydroxylation is 1. The number of aromatic nitrogens is 2. The number of rotatable bonds is 7. The lowest BCUT2D eigenvalue weighted by atomic mass is 9.96. The van der Waals surface area contributed by atoms with E-state index in [9.17, 15) is 9.59 Å². The van der Waals surface area contributed by atoms with Gasteiger partial charge in [-0.1, -0.05) is 19.1 Å². The van der Waals surface area contributed by atoms with Gasteiger partial charge in [-0.05, 0) is 63.3 Å². The molecule has 2 aliphatic rings. The molecule has 1 aromatic carbocycles. The van der Waals surface area contributed by atoms with E-state index in [1.807, 2.05) is 30.9 Å². The molecule has 0 aliphatic carbocycles. The van der Waals surface area contributed by atoms with Gasteiger partial charge in [0, 0.05) is 43.4 Å². The van der Waals surface area contributed by atoms with Crippen LogP contribution in [0.25, 0.3) is 0 Å². The summed E-state index contributed by atoms with van der Waals surface area (Å²) in [6.45, 7) is 8.50. The van der Waals surface area contributed by atoms with Crippen molar-refractivity contribution >= 4 is 5.91 Å². The third kappa shape index (κ3) is 5.38. The Kier molecular flexibility index (Phi) is 7.25. The Morgan fingerprint density at radius 3 is 2.59 bits per heavy atom. The molecule has 1 atom stereocenters. The van der Waals surface area contributed by atoms with Crippen LogP contribution >= 0.6 is 0 Å². The molecule has 32 heavy (non-hydrogen) atoms. The summed E-state index contributed by atoms with van der Waals surface area (Å²) in [5.74, 6) is 1.87. The van der Waals surface area contributed by atoms with Gasteiger partial charge in [-0.3, -0.25) is 14.5 Å². The standard InChI is InChI=1S/C25H34N4O3/c1-3-22-18(2)26-24(27-25(22)31)20-7-6-12-28(16-20)15-19-8-10-21(11-9-19)32-17-23(30)29-13-4-5-14-29/h8-11,20H,3-7,12-17H2,1-2H3,(H,26,27,31). The minimum absolute atomic E-state index is 0.00549. The highest BCUT2D eigenvalue weighted by Gasteiger charge is 2.24. The van der Waals surface area contributed by atoms with Gasteiger partial charge < -0.3 is 14.6 Å². The lowest BCUT2D eigenvalue weighted by Gasteiger charge is -2.32. The van der Waals surface area contributed by atoms with Crippen molar-refractivity contribution in [2.45, 2.75) is 58.4 Å². The summed E-state index contributed by atoms with van der Waals surface area (Å²) < 4.78 is 5.69. The molecule has 7 nitrogen and oxygen atoms in total. The number of H-pyrrole nitrogens is 1. The quantitative estimate of drug-likeness (QED) is 0.719. The number of benzene rings is 1. The molecule has 7 heteroatoms. The fourth-order valence-corrected chi connectivity index (χ4v) is 4.82. The van der Waals surface area contributed by atoms with E-state index in [-0.39, 0.29) is 24.0 Å². The van der Waals surface area contributed by atoms with Crippen molar-refractivity contribution in [1.82, 2.24) is 19.8 Å². The highest BCUT2D eigenvalue weighted by molar-refractivity contribution is 5.78. The SMILES string of the molecule is CCc1c(C)nc(C2CCCN(Cc3ccc(OCC(=O)N4CCCC4)cc3)C2)[nH]c1=O. The molecule has 0 bridgehead atoms. The fourth-order valence-electron chi connectivity index (χ4n) is 4.82. The first kappa shape index (κ1) is 22.5. The van der Waals surface area contributed by atoms with Gasteiger partial charge in [0.1, 0.15) is 11.6 Å². The van der Waals surface area contributed by atoms with E-state index in [4.69, 9.17) is 9.72 Å². The van der Waals surface area contributed by atoms with Gasteiger partial charge in [-0.25, -0.2) is 4.98 Å². The van der Waals surface area contributed by atoms with Gasteiger partial charge in [-0.2, -0.15) is 0 Å². The van der Waals surface area contributed by atoms with Crippen LogP contribution in [-0.4, -0.2) is 58.5 Å². The zero-order valence-electron chi connectivity index (χ0n) is 19.2. The summed E-state index contributed by atoms with van der Waals surface area (Å²) in [5, 5.41) is 0. The summed E-state index contributed by atoms with van der Waals surface area (Å²) >= 11 is 0. The monoisotopic (exact) mass is 438 g/mol. The first-order valence-corrected chi connectivity index (χ1v) is 11.8. The molecule has 2 saturated heterocycles. The second kappa shape index (κ2) is 10.3. The Hall–Kier alpha value is -2.67. The minimum atomic E-state index is 0.00549. The smallest absolute Gasteiger partial charge is 0.260 e. The number of carbonyl (C=O) groups excluding carboxylic acids is 1. The van der Waals surface area contributed by atoms with Crippen molar-refractivity contribution in [3.8, 4) is 5.75 Å². The Labute approximate surface area is 189 Å². The number of amides is 1. The van der Waals surface area contributed by atoms with Gasteiger partial charge >= 0.3 is 0 Å². The molecule has 1 unspecified atom stereocenters. The van der Waals surface area contributed by atoms with Crippen LogP contribution in [0, 0.1) is 6.92 Å². The average Bonchev–Trinajstić information content (AvgIpc) is 3.34. The number of carbonyl (C=O) groups is 1. The first-order valence-electron chi connectivity index (χ1n) is 11.8. The van der Waals surface area contributed by atoms with Gasteiger partial charge in [0.15, 0.2) is 6.61 Å². The van der Waals surface area contributed by atoms with E-state index in [0.717, 1.165) is 81.2 Å². The number of piperidine rings is 1. The number of hydrogen-bond acceptors (Lipinski definition) is 5. The number of likely N-dealkylation sites (tertiary alicyclic amines) is 2. The van der Waals surface area contributed by atoms with Crippen LogP contribution in [0.1, 0.15) is 61.2 Å². The predicted molar refractivity (Wildman–Crippen MR) is 124 cm³/mol. The molecule has 0 saturated carbocycles. The maximum atomic E-state index is 12.4. The fraction of sp³-hybridized carbons (Fsp3) is 0.560. The summed E-state index contributed by atoms with van der Waals surface area (Å²) in [4.78, 5) is 36.5. The van der Waals surface area contributed by atoms with Gasteiger partial charge in [0.25, 0.3) is 11.5 Å². The normalized spacial score (nSPS) is 19.3. The number of nitrogens with one attached hydrogen (secondary N) is 1. The molecule has 3 heterocycles. The number of ether oxygens (including phenoxy) is 1. The Morgan fingerprint density at radius 2 is 1.91 bits per heavy atom. The molecule has 172 valence electrons. The second-order valence-electron chi connectivity index (χ2n) is 8.96. The Balaban J connectivity index is 1.32. The third-order valence-corrected chi connectivity index (χ3v) is 6.64. The summed E-state index contributed by atoms with van der Waals surface area (Å²) in [6.07, 6.45) is 5.02. The third-order valence-electron chi connectivity index (χ3n) is 6.64. The van der Waals surface area contributed by atoms with E-state index in [0.29, 0.717) is 6.42 Å². The van der Waals surface area contributed by atoms with E-state index in [1.165, 1.54) is 5.56 Å². The summed E-state index contributed by atoms with van der Waals surface area (Å²) in [6, 6.07) is 8.03. The van der Waals surface area contributed by atoms with Crippen LogP contribution in [0.3, 0.4) is 0 Å². The Bertz CT molecular complexity index is 980. The molecular formula is C25H34N4O3. The molecule has 1 N–H and O–H groups in total. The lowest BCUT2D eigenvalue weighted by Crippen LogP contribution is -2.35. The van der Waals surface area contributed by atoms with Gasteiger partial charge in [0.05, 0.1) is 0 Å². The maximum absolute atomic E-state index is 12.4. The molecule has 4 rings (SSSR count). The van der Waals surface area contributed by atoms with Gasteiger partial charge in [-0.15, -0.1) is 0 Å². The summed E-state index contributed by atoms with van der Waals surface area (Å²) in [7, 11) is 0. The van der Waals surface area contributed by atoms with Crippen molar-refractivity contribution in [2.24, 2.45) is 0 Å². The lowest BCUT2D eigenvalue weighted by molar-refractivity contribution is -0.132. The molecule has 1 amide bonds. The minimum Gasteiger partial charge on any atom is -0.484 e. The average molecular weight is 439 g/mol. The number of nitrogens with zero attached hydrogens (tertiary/aromatic N) is 3. The van der Waals surface area contributed by atoms with Crippen LogP contribution in [0.5, 0.6) is 5.75 Å². The van der Waals surface area contributed by atoms with Crippen molar-refractivity contribution in [2.75, 3.05) is 32.8 Å². The zero-order chi connectivity index (χ0) is 22.5. The van der Waals surface area contributed by atoms with Gasteiger partial charge in [0.2, 0.25) is 0 Å². The molecule has 1 aromatic heterocycles. The molecule has 0 radical (unpaired) electrons. The van der Waals surface area contributed by atoms with Crippen molar-refractivity contribution in [1.29, 1.82) is 0 Å². The van der Waals surface area contributed by atoms with Crippen molar-refractivity contribution < 1.29 is 9.53 Å². The molecule has 2 aromatic rings. The highest BCUT2D eigenvalue weighted by atomic mass is 16.5. The van der Waals surface area contributed by atoms with E-state index in [2.05, 4.69) is 22.0 Å². The molecule has 2 fully saturated rings. The van der Waals surface area contributed by atoms with E-state index in [1.54, 1.807) is 0 Å². The van der Waals surface area contributed by atoms with E-state index >= 15 is 0 Å². The molecule has 2 aliphatic heterocycles. The molecule has 0 spiro atoms. The number of aromatic amines is 1. The van der Waals surface area contributed by atoms with Crippen LogP contribution in [0.15, 0.2) is 29.1 Å². The number of hydrogen-bond donors (Lipinski definition) is 1. The van der Waals surface area contributed by atoms with Crippen LogP contribution in [0.2, 0.25) is 0 Å². The van der Waals surface area contributed by atoms with Crippen molar-refractivity contribution in [3.63, 3.8) is 0 Å². The predicted octanol–water partition coefficient (Wildman–Crippen LogP) is 3.02. The van der Waals surface area contributed by atoms with Crippen LogP contribution < -0.4 is 10.3 Å². The topological polar surface area (TPSA) is 78.5 Å². The highest BCUT2D eigenvalue weighted by Crippen LogP contribution is 2.26. The second-order valence-corrected chi connectivity index (χ2v) is 8.96. The van der Waals surface area contributed by atoms with Crippen LogP contribution in [0.4, 0.5) is 0 Å². The zero-order valence-corrected chi connectivity index (χ0v) is 19.2. The maximum Gasteiger partial charge on any atom is 0.260 e. The Morgan fingerprint density at radius 1 is 1.16 bits per heavy atom. The van der Waals surface area contributed by atoms with Crippen molar-refractivity contribution in [3.05, 3.63) is 57.3 Å². The first-order chi connectivity index (χ1) is 15.5. The largest absolute Gasteiger partial charge is 0.484 e. The van der Waals surface area contributed by atoms with Crippen LogP contribution in [-0.2, 0) is 17.8 Å². The van der Waals surface area contributed by atoms with E-state index < -0.39 is 0 Å². The summed E-state index contributed by atoms with van der Waals surface area (Å²) in [5.41, 5.74) is 2.85. The molecular weight excluding hydrogens is 404 g/mol.